The third-order valence-corrected chi connectivity index (χ3v) is 10.2. The number of anilines is 2. The van der Waals surface area contributed by atoms with Crippen LogP contribution >= 0.6 is 11.3 Å². The van der Waals surface area contributed by atoms with Crippen LogP contribution in [0.2, 0.25) is 0 Å². The fourth-order valence-corrected chi connectivity index (χ4v) is 7.95. The first-order valence-corrected chi connectivity index (χ1v) is 16.5. The summed E-state index contributed by atoms with van der Waals surface area (Å²) in [5, 5.41) is 7.11. The Bertz CT molecular complexity index is 2620. The lowest BCUT2D eigenvalue weighted by Crippen LogP contribution is -2.23. The molecule has 9 aromatic rings. The van der Waals surface area contributed by atoms with E-state index >= 15 is 0 Å². The lowest BCUT2D eigenvalue weighted by atomic mass is 10.1. The van der Waals surface area contributed by atoms with Gasteiger partial charge in [0, 0.05) is 53.4 Å². The van der Waals surface area contributed by atoms with Crippen LogP contribution in [0.5, 0.6) is 5.75 Å². The summed E-state index contributed by atoms with van der Waals surface area (Å²) in [7, 11) is 0. The third-order valence-electron chi connectivity index (χ3n) is 9.03. The van der Waals surface area contributed by atoms with Crippen molar-refractivity contribution >= 4 is 87.9 Å². The Morgan fingerprint density at radius 3 is 2.09 bits per heavy atom. The van der Waals surface area contributed by atoms with Gasteiger partial charge >= 0.3 is 0 Å². The zero-order valence-electron chi connectivity index (χ0n) is 25.5. The number of para-hydroxylation sites is 2. The van der Waals surface area contributed by atoms with Gasteiger partial charge in [0.2, 0.25) is 0 Å². The molecule has 0 aliphatic heterocycles. The topological polar surface area (TPSA) is 29.8 Å². The molecule has 0 radical (unpaired) electrons. The number of aromatic nitrogens is 1. The minimum atomic E-state index is 0.286. The molecule has 0 fully saturated rings. The fourth-order valence-electron chi connectivity index (χ4n) is 6.81. The molecular weight excluding hydrogens is 595 g/mol. The Labute approximate surface area is 276 Å². The highest BCUT2D eigenvalue weighted by Crippen LogP contribution is 2.41. The van der Waals surface area contributed by atoms with E-state index in [-0.39, 0.29) is 6.73 Å². The number of hydrogen-bond donors (Lipinski definition) is 0. The smallest absolute Gasteiger partial charge is 0.165 e. The highest BCUT2D eigenvalue weighted by Gasteiger charge is 2.18. The lowest BCUT2D eigenvalue weighted by molar-refractivity contribution is 0.328. The van der Waals surface area contributed by atoms with Crippen molar-refractivity contribution in [3.63, 3.8) is 0 Å². The van der Waals surface area contributed by atoms with Crippen LogP contribution in [0.4, 0.5) is 17.1 Å². The predicted molar refractivity (Wildman–Crippen MR) is 201 cm³/mol. The number of nitrogens with zero attached hydrogens (tertiary/aromatic N) is 3. The number of hydrogen-bond acceptors (Lipinski definition) is 4. The van der Waals surface area contributed by atoms with Crippen LogP contribution in [0, 0.1) is 0 Å². The Hall–Kier alpha value is -5.91. The van der Waals surface area contributed by atoms with Gasteiger partial charge in [-0.25, -0.2) is 0 Å². The molecule has 0 saturated carbocycles. The number of aliphatic imine (C=N–C) groups is 1. The maximum Gasteiger partial charge on any atom is 0.165 e. The summed E-state index contributed by atoms with van der Waals surface area (Å²) in [6.45, 7) is 4.17. The van der Waals surface area contributed by atoms with Gasteiger partial charge in [-0.15, -0.1) is 11.3 Å². The van der Waals surface area contributed by atoms with Gasteiger partial charge in [-0.2, -0.15) is 0 Å². The van der Waals surface area contributed by atoms with Gasteiger partial charge in [-0.3, -0.25) is 4.99 Å². The molecule has 0 bridgehead atoms. The van der Waals surface area contributed by atoms with Gasteiger partial charge < -0.3 is 14.2 Å². The minimum absolute atomic E-state index is 0.286. The summed E-state index contributed by atoms with van der Waals surface area (Å²) in [5.41, 5.74) is 6.29. The number of rotatable bonds is 7. The van der Waals surface area contributed by atoms with Crippen LogP contribution in [-0.2, 0) is 0 Å². The van der Waals surface area contributed by atoms with Crippen LogP contribution in [0.15, 0.2) is 157 Å². The van der Waals surface area contributed by atoms with Crippen LogP contribution in [0.25, 0.3) is 58.4 Å². The molecule has 0 unspecified atom stereocenters. The molecule has 2 heterocycles. The summed E-state index contributed by atoms with van der Waals surface area (Å²) in [4.78, 5) is 6.65. The van der Waals surface area contributed by atoms with E-state index in [1.165, 1.54) is 36.5 Å². The largest absolute Gasteiger partial charge is 0.470 e. The molecule has 224 valence electrons. The standard InChI is InChI=1S/C42H29N3OS/c1-43-42-32-14-6-5-11-28(32)19-24-39(42)46-27-44(31-21-23-36-35-16-8-10-18-40(35)47-41(36)26-31)30-20-22-34-33-15-7-9-17-37(33)45(38(34)25-30)29-12-3-2-4-13-29/h2-26H,1,27H2. The van der Waals surface area contributed by atoms with Crippen molar-refractivity contribution in [1.29, 1.82) is 0 Å². The second kappa shape index (κ2) is 11.2. The molecule has 0 spiro atoms. The maximum atomic E-state index is 6.65. The summed E-state index contributed by atoms with van der Waals surface area (Å²) >= 11 is 1.82. The van der Waals surface area contributed by atoms with Crippen LogP contribution < -0.4 is 9.64 Å². The van der Waals surface area contributed by atoms with E-state index in [2.05, 4.69) is 155 Å². The average molecular weight is 624 g/mol. The Kier molecular flexibility index (Phi) is 6.51. The molecule has 7 aromatic carbocycles. The highest BCUT2D eigenvalue weighted by atomic mass is 32.1. The number of ether oxygens (including phenoxy) is 1. The molecule has 47 heavy (non-hydrogen) atoms. The van der Waals surface area contributed by atoms with Crippen molar-refractivity contribution in [3.05, 3.63) is 152 Å². The second-order valence-corrected chi connectivity index (χ2v) is 12.7. The maximum absolute atomic E-state index is 6.65. The fraction of sp³-hybridized carbons (Fsp3) is 0.0238. The Morgan fingerprint density at radius 1 is 0.574 bits per heavy atom. The zero-order valence-corrected chi connectivity index (χ0v) is 26.3. The van der Waals surface area contributed by atoms with Gasteiger partial charge in [0.15, 0.2) is 6.73 Å². The Balaban J connectivity index is 1.22. The Morgan fingerprint density at radius 2 is 1.23 bits per heavy atom. The first-order chi connectivity index (χ1) is 23.3. The monoisotopic (exact) mass is 623 g/mol. The predicted octanol–water partition coefficient (Wildman–Crippen LogP) is 11.8. The SMILES string of the molecule is C=Nc1c(OCN(c2ccc3c(c2)sc2ccccc23)c2ccc3c4ccccc4n(-c4ccccc4)c3c2)ccc2ccccc12. The van der Waals surface area contributed by atoms with E-state index in [4.69, 9.17) is 4.74 Å². The van der Waals surface area contributed by atoms with Gasteiger partial charge in [0.25, 0.3) is 0 Å². The van der Waals surface area contributed by atoms with E-state index in [1.54, 1.807) is 0 Å². The second-order valence-electron chi connectivity index (χ2n) is 11.7. The first kappa shape index (κ1) is 27.4. The quantitative estimate of drug-likeness (QED) is 0.131. The van der Waals surface area contributed by atoms with Crippen molar-refractivity contribution in [2.45, 2.75) is 0 Å². The molecular formula is C42H29N3OS. The third kappa shape index (κ3) is 4.55. The summed E-state index contributed by atoms with van der Waals surface area (Å²) in [5.74, 6) is 0.700. The zero-order chi connectivity index (χ0) is 31.3. The molecule has 0 atom stereocenters. The molecule has 0 saturated heterocycles. The highest BCUT2D eigenvalue weighted by molar-refractivity contribution is 7.25. The van der Waals surface area contributed by atoms with E-state index in [0.29, 0.717) is 5.75 Å². The van der Waals surface area contributed by atoms with Crippen molar-refractivity contribution in [2.75, 3.05) is 11.6 Å². The molecule has 2 aromatic heterocycles. The molecule has 5 heteroatoms. The van der Waals surface area contributed by atoms with E-state index in [1.807, 2.05) is 29.5 Å². The van der Waals surface area contributed by atoms with Crippen LogP contribution in [-0.4, -0.2) is 18.0 Å². The summed E-state index contributed by atoms with van der Waals surface area (Å²) in [6, 6.07) is 53.5. The normalized spacial score (nSPS) is 11.6. The van der Waals surface area contributed by atoms with Crippen LogP contribution in [0.1, 0.15) is 0 Å². The van der Waals surface area contributed by atoms with Crippen molar-refractivity contribution in [3.8, 4) is 11.4 Å². The van der Waals surface area contributed by atoms with Gasteiger partial charge in [0.05, 0.1) is 11.0 Å². The van der Waals surface area contributed by atoms with Crippen LogP contribution in [0.3, 0.4) is 0 Å². The minimum Gasteiger partial charge on any atom is -0.470 e. The molecule has 9 rings (SSSR count). The van der Waals surface area contributed by atoms with Crippen molar-refractivity contribution in [1.82, 2.24) is 4.57 Å². The average Bonchev–Trinajstić information content (AvgIpc) is 3.67. The number of benzene rings is 7. The van der Waals surface area contributed by atoms with Gasteiger partial charge in [-0.05, 0) is 66.7 Å². The van der Waals surface area contributed by atoms with Gasteiger partial charge in [-0.1, -0.05) is 97.1 Å². The molecule has 0 aliphatic carbocycles. The number of thiophene rings is 1. The van der Waals surface area contributed by atoms with E-state index in [0.717, 1.165) is 39.0 Å². The van der Waals surface area contributed by atoms with Gasteiger partial charge in [0.1, 0.15) is 11.4 Å². The van der Waals surface area contributed by atoms with E-state index in [9.17, 15) is 0 Å². The molecule has 0 aliphatic rings. The first-order valence-electron chi connectivity index (χ1n) is 15.7. The molecule has 4 nitrogen and oxygen atoms in total. The molecule has 0 amide bonds. The number of fused-ring (bicyclic) bond motifs is 7. The van der Waals surface area contributed by atoms with Crippen molar-refractivity contribution < 1.29 is 4.74 Å². The van der Waals surface area contributed by atoms with E-state index < -0.39 is 0 Å². The molecule has 0 N–H and O–H groups in total. The van der Waals surface area contributed by atoms with Crippen molar-refractivity contribution in [2.24, 2.45) is 4.99 Å². The summed E-state index contributed by atoms with van der Waals surface area (Å²) < 4.78 is 11.5. The lowest BCUT2D eigenvalue weighted by Gasteiger charge is -2.26. The summed E-state index contributed by atoms with van der Waals surface area (Å²) in [6.07, 6.45) is 0.